The highest BCUT2D eigenvalue weighted by Crippen LogP contribution is 2.21. The van der Waals surface area contributed by atoms with Crippen molar-refractivity contribution >= 4 is 27.5 Å². The maximum Gasteiger partial charge on any atom is 0.223 e. The maximum absolute atomic E-state index is 13.8. The Hall–Kier alpha value is -1.88. The van der Waals surface area contributed by atoms with Crippen molar-refractivity contribution in [1.82, 2.24) is 4.90 Å². The van der Waals surface area contributed by atoms with Gasteiger partial charge in [0.2, 0.25) is 5.91 Å². The molecule has 0 spiro atoms. The van der Waals surface area contributed by atoms with E-state index in [1.807, 2.05) is 40.1 Å². The number of rotatable bonds is 4. The van der Waals surface area contributed by atoms with E-state index in [9.17, 15) is 9.18 Å². The molecular weight excluding hydrogens is 371 g/mol. The Labute approximate surface area is 150 Å². The Morgan fingerprint density at radius 1 is 1.00 bits per heavy atom. The minimum atomic E-state index is -0.203. The van der Waals surface area contributed by atoms with E-state index in [1.54, 1.807) is 12.1 Å². The van der Waals surface area contributed by atoms with Crippen molar-refractivity contribution in [2.24, 2.45) is 0 Å². The topological polar surface area (TPSA) is 23.6 Å². The summed E-state index contributed by atoms with van der Waals surface area (Å²) in [5.41, 5.74) is 1.77. The lowest BCUT2D eigenvalue weighted by Gasteiger charge is -2.36. The van der Waals surface area contributed by atoms with Gasteiger partial charge in [-0.3, -0.25) is 4.79 Å². The highest BCUT2D eigenvalue weighted by atomic mass is 79.9. The molecule has 0 aromatic heterocycles. The van der Waals surface area contributed by atoms with Gasteiger partial charge < -0.3 is 9.80 Å². The average Bonchev–Trinajstić information content (AvgIpc) is 2.61. The molecule has 3 rings (SSSR count). The van der Waals surface area contributed by atoms with Gasteiger partial charge in [0.05, 0.1) is 5.69 Å². The summed E-state index contributed by atoms with van der Waals surface area (Å²) in [6.07, 6.45) is 1.23. The van der Waals surface area contributed by atoms with E-state index in [0.717, 1.165) is 16.5 Å². The number of para-hydroxylation sites is 1. The van der Waals surface area contributed by atoms with Gasteiger partial charge in [-0.15, -0.1) is 0 Å². The lowest BCUT2D eigenvalue weighted by Crippen LogP contribution is -2.49. The second-order valence-electron chi connectivity index (χ2n) is 5.91. The molecule has 1 saturated heterocycles. The van der Waals surface area contributed by atoms with E-state index >= 15 is 0 Å². The molecule has 24 heavy (non-hydrogen) atoms. The van der Waals surface area contributed by atoms with Crippen LogP contribution in [0, 0.1) is 5.82 Å². The third-order valence-electron chi connectivity index (χ3n) is 4.39. The van der Waals surface area contributed by atoms with Crippen LogP contribution in [0.3, 0.4) is 0 Å². The molecule has 2 aromatic rings. The molecule has 1 heterocycles. The first kappa shape index (κ1) is 17.0. The first-order chi connectivity index (χ1) is 11.6. The van der Waals surface area contributed by atoms with Gasteiger partial charge in [-0.05, 0) is 30.2 Å². The summed E-state index contributed by atoms with van der Waals surface area (Å²) in [5, 5.41) is 0. The van der Waals surface area contributed by atoms with E-state index in [-0.39, 0.29) is 11.7 Å². The van der Waals surface area contributed by atoms with Crippen LogP contribution in [0.5, 0.6) is 0 Å². The summed E-state index contributed by atoms with van der Waals surface area (Å²) in [4.78, 5) is 16.3. The normalized spacial score (nSPS) is 14.8. The van der Waals surface area contributed by atoms with Crippen LogP contribution in [0.25, 0.3) is 0 Å². The van der Waals surface area contributed by atoms with Crippen molar-refractivity contribution in [2.75, 3.05) is 31.1 Å². The van der Waals surface area contributed by atoms with Crippen LogP contribution in [-0.2, 0) is 11.2 Å². The van der Waals surface area contributed by atoms with E-state index in [4.69, 9.17) is 0 Å². The molecule has 0 N–H and O–H groups in total. The third-order valence-corrected chi connectivity index (χ3v) is 5.17. The fourth-order valence-electron chi connectivity index (χ4n) is 3.01. The summed E-state index contributed by atoms with van der Waals surface area (Å²) in [6, 6.07) is 14.8. The summed E-state index contributed by atoms with van der Waals surface area (Å²) in [7, 11) is 0. The standard InChI is InChI=1S/C19H20BrFN2O/c20-16-6-2-1-5-15(16)9-10-19(24)23-13-11-22(12-14-23)18-8-4-3-7-17(18)21/h1-8H,9-14H2. The molecule has 0 unspecified atom stereocenters. The highest BCUT2D eigenvalue weighted by molar-refractivity contribution is 9.10. The van der Waals surface area contributed by atoms with Crippen molar-refractivity contribution in [1.29, 1.82) is 0 Å². The van der Waals surface area contributed by atoms with E-state index in [2.05, 4.69) is 15.9 Å². The van der Waals surface area contributed by atoms with Crippen LogP contribution in [0.4, 0.5) is 10.1 Å². The van der Waals surface area contributed by atoms with Crippen molar-refractivity contribution in [3.8, 4) is 0 Å². The van der Waals surface area contributed by atoms with Crippen LogP contribution >= 0.6 is 15.9 Å². The smallest absolute Gasteiger partial charge is 0.223 e. The molecule has 0 saturated carbocycles. The molecular formula is C19H20BrFN2O. The average molecular weight is 391 g/mol. The van der Waals surface area contributed by atoms with Crippen LogP contribution in [0.1, 0.15) is 12.0 Å². The molecule has 1 fully saturated rings. The second kappa shape index (κ2) is 7.79. The first-order valence-corrected chi connectivity index (χ1v) is 8.95. The molecule has 126 valence electrons. The number of halogens is 2. The van der Waals surface area contributed by atoms with Gasteiger partial charge in [-0.25, -0.2) is 4.39 Å². The number of carbonyl (C=O) groups excluding carboxylic acids is 1. The molecule has 3 nitrogen and oxygen atoms in total. The second-order valence-corrected chi connectivity index (χ2v) is 6.76. The number of anilines is 1. The number of nitrogens with zero attached hydrogens (tertiary/aromatic N) is 2. The Morgan fingerprint density at radius 2 is 1.67 bits per heavy atom. The number of carbonyl (C=O) groups is 1. The zero-order valence-electron chi connectivity index (χ0n) is 13.4. The van der Waals surface area contributed by atoms with Crippen LogP contribution in [-0.4, -0.2) is 37.0 Å². The van der Waals surface area contributed by atoms with Gasteiger partial charge in [0.15, 0.2) is 0 Å². The Kier molecular flexibility index (Phi) is 5.51. The molecule has 0 atom stereocenters. The van der Waals surface area contributed by atoms with Crippen molar-refractivity contribution in [3.63, 3.8) is 0 Å². The predicted octanol–water partition coefficient (Wildman–Crippen LogP) is 3.87. The number of piperazine rings is 1. The van der Waals surface area contributed by atoms with Gasteiger partial charge in [-0.2, -0.15) is 0 Å². The van der Waals surface area contributed by atoms with Crippen LogP contribution in [0.2, 0.25) is 0 Å². The third kappa shape index (κ3) is 3.96. The summed E-state index contributed by atoms with van der Waals surface area (Å²) in [6.45, 7) is 2.62. The van der Waals surface area contributed by atoms with Crippen molar-refractivity contribution < 1.29 is 9.18 Å². The summed E-state index contributed by atoms with van der Waals surface area (Å²) >= 11 is 3.52. The van der Waals surface area contributed by atoms with Gasteiger partial charge >= 0.3 is 0 Å². The van der Waals surface area contributed by atoms with Gasteiger partial charge in [-0.1, -0.05) is 46.3 Å². The zero-order valence-corrected chi connectivity index (χ0v) is 15.0. The molecule has 1 aliphatic heterocycles. The minimum absolute atomic E-state index is 0.166. The molecule has 1 aliphatic rings. The quantitative estimate of drug-likeness (QED) is 0.790. The molecule has 1 amide bonds. The fraction of sp³-hybridized carbons (Fsp3) is 0.316. The Balaban J connectivity index is 1.52. The van der Waals surface area contributed by atoms with Crippen LogP contribution < -0.4 is 4.90 Å². The number of amides is 1. The van der Waals surface area contributed by atoms with E-state index in [1.165, 1.54) is 6.07 Å². The first-order valence-electron chi connectivity index (χ1n) is 8.16. The molecule has 2 aromatic carbocycles. The number of aryl methyl sites for hydroxylation is 1. The largest absolute Gasteiger partial charge is 0.366 e. The summed E-state index contributed by atoms with van der Waals surface area (Å²) in [5.74, 6) is -0.0369. The Morgan fingerprint density at radius 3 is 2.38 bits per heavy atom. The number of hydrogen-bond donors (Lipinski definition) is 0. The minimum Gasteiger partial charge on any atom is -0.366 e. The molecule has 0 radical (unpaired) electrons. The van der Waals surface area contributed by atoms with E-state index in [0.29, 0.717) is 38.3 Å². The van der Waals surface area contributed by atoms with Gasteiger partial charge in [0.1, 0.15) is 5.82 Å². The predicted molar refractivity (Wildman–Crippen MR) is 97.7 cm³/mol. The SMILES string of the molecule is O=C(CCc1ccccc1Br)N1CCN(c2ccccc2F)CC1. The number of benzene rings is 2. The zero-order chi connectivity index (χ0) is 16.9. The maximum atomic E-state index is 13.8. The molecule has 0 bridgehead atoms. The van der Waals surface area contributed by atoms with Crippen molar-refractivity contribution in [2.45, 2.75) is 12.8 Å². The summed E-state index contributed by atoms with van der Waals surface area (Å²) < 4.78 is 14.9. The monoisotopic (exact) mass is 390 g/mol. The lowest BCUT2D eigenvalue weighted by atomic mass is 10.1. The van der Waals surface area contributed by atoms with E-state index < -0.39 is 0 Å². The highest BCUT2D eigenvalue weighted by Gasteiger charge is 2.22. The molecule has 0 aliphatic carbocycles. The molecule has 5 heteroatoms. The van der Waals surface area contributed by atoms with Crippen molar-refractivity contribution in [3.05, 3.63) is 64.4 Å². The number of hydrogen-bond acceptors (Lipinski definition) is 2. The van der Waals surface area contributed by atoms with Gasteiger partial charge in [0.25, 0.3) is 0 Å². The Bertz CT molecular complexity index is 714. The lowest BCUT2D eigenvalue weighted by molar-refractivity contribution is -0.131. The van der Waals surface area contributed by atoms with Crippen LogP contribution in [0.15, 0.2) is 53.0 Å². The van der Waals surface area contributed by atoms with Gasteiger partial charge in [0, 0.05) is 37.1 Å². The fourth-order valence-corrected chi connectivity index (χ4v) is 3.49.